The molecule has 1 amide bonds. The molecule has 2 aromatic heterocycles. The number of H-pyrrole nitrogens is 1. The highest BCUT2D eigenvalue weighted by Crippen LogP contribution is 2.59. The molecule has 2 aliphatic rings. The summed E-state index contributed by atoms with van der Waals surface area (Å²) < 4.78 is 10.3. The molecule has 266 valence electrons. The summed E-state index contributed by atoms with van der Waals surface area (Å²) in [6.07, 6.45) is 1.98. The highest BCUT2D eigenvalue weighted by atomic mass is 28.4. The van der Waals surface area contributed by atoms with E-state index >= 15 is 0 Å². The van der Waals surface area contributed by atoms with E-state index in [1.165, 1.54) is 4.68 Å². The van der Waals surface area contributed by atoms with Crippen LogP contribution < -0.4 is 10.5 Å². The van der Waals surface area contributed by atoms with Gasteiger partial charge in [0.25, 0.3) is 11.5 Å². The molecule has 8 rings (SSSR count). The summed E-state index contributed by atoms with van der Waals surface area (Å²) in [6, 6.07) is 32.6. The van der Waals surface area contributed by atoms with Crippen LogP contribution in [-0.4, -0.2) is 61.6 Å². The maximum Gasteiger partial charge on any atom is 0.279 e. The number of amides is 1. The molecule has 0 aliphatic carbocycles. The number of fused-ring (bicyclic) bond motifs is 3. The molecule has 6 aromatic rings. The standard InChI is InChI=1S/C40H42N6O5Si/c1-26-37(52(2,3)50)36(21-22-44-24-34(41-43-44)31(25-47)28-11-5-4-6-12-28)51-40(26)32-14-8-10-16-35(32)45(39(40)49)23-27-17-19-29(20-18-27)46-38(48)30-13-7-9-15-33(30)42-46/h4-20,24,26,31,36-37,42,47,50H,21-23,25H2,1-3H3/t26-,31?,36+,37-,40+/m0/s1. The number of rotatable bonds is 10. The monoisotopic (exact) mass is 714 g/mol. The first-order valence-electron chi connectivity index (χ1n) is 17.8. The van der Waals surface area contributed by atoms with E-state index in [1.807, 2.05) is 123 Å². The van der Waals surface area contributed by atoms with Gasteiger partial charge in [-0.3, -0.25) is 19.4 Å². The van der Waals surface area contributed by atoms with Crippen molar-refractivity contribution in [1.82, 2.24) is 24.8 Å². The number of anilines is 1. The Morgan fingerprint density at radius 2 is 1.65 bits per heavy atom. The largest absolute Gasteiger partial charge is 0.432 e. The van der Waals surface area contributed by atoms with Gasteiger partial charge in [-0.2, -0.15) is 0 Å². The first-order valence-corrected chi connectivity index (χ1v) is 20.8. The molecule has 4 heterocycles. The number of ether oxygens (including phenoxy) is 1. The summed E-state index contributed by atoms with van der Waals surface area (Å²) in [6.45, 7) is 6.59. The van der Waals surface area contributed by atoms with Crippen LogP contribution in [0, 0.1) is 5.92 Å². The van der Waals surface area contributed by atoms with Crippen molar-refractivity contribution in [2.24, 2.45) is 5.92 Å². The second-order valence-electron chi connectivity index (χ2n) is 14.6. The van der Waals surface area contributed by atoms with E-state index in [1.54, 1.807) is 15.6 Å². The molecule has 0 radical (unpaired) electrons. The minimum atomic E-state index is -2.85. The number of carbonyl (C=O) groups excluding carboxylic acids is 1. The Kier molecular flexibility index (Phi) is 8.57. The van der Waals surface area contributed by atoms with Crippen molar-refractivity contribution >= 4 is 30.8 Å². The van der Waals surface area contributed by atoms with Crippen molar-refractivity contribution < 1.29 is 19.4 Å². The normalized spacial score (nSPS) is 22.1. The van der Waals surface area contributed by atoms with Crippen LogP contribution in [0.1, 0.15) is 41.6 Å². The summed E-state index contributed by atoms with van der Waals surface area (Å²) in [5.41, 5.74) is 4.03. The summed E-state index contributed by atoms with van der Waals surface area (Å²) >= 11 is 0. The van der Waals surface area contributed by atoms with E-state index in [2.05, 4.69) is 15.4 Å². The van der Waals surface area contributed by atoms with Crippen LogP contribution in [0.4, 0.5) is 5.69 Å². The lowest BCUT2D eigenvalue weighted by molar-refractivity contribution is -0.146. The van der Waals surface area contributed by atoms with Crippen LogP contribution in [0.25, 0.3) is 16.6 Å². The number of hydrogen-bond donors (Lipinski definition) is 3. The van der Waals surface area contributed by atoms with Crippen LogP contribution in [0.3, 0.4) is 0 Å². The maximum atomic E-state index is 14.8. The molecule has 0 bridgehead atoms. The molecule has 52 heavy (non-hydrogen) atoms. The number of hydrogen-bond acceptors (Lipinski definition) is 7. The average molecular weight is 715 g/mol. The van der Waals surface area contributed by atoms with Gasteiger partial charge in [-0.25, -0.2) is 4.68 Å². The molecule has 12 heteroatoms. The van der Waals surface area contributed by atoms with Gasteiger partial charge in [0, 0.05) is 29.8 Å². The van der Waals surface area contributed by atoms with E-state index in [0.717, 1.165) is 27.9 Å². The molecular formula is C40H42N6O5Si. The van der Waals surface area contributed by atoms with Crippen molar-refractivity contribution in [3.05, 3.63) is 142 Å². The predicted molar refractivity (Wildman–Crippen MR) is 201 cm³/mol. The quantitative estimate of drug-likeness (QED) is 0.160. The molecule has 1 saturated heterocycles. The lowest BCUT2D eigenvalue weighted by atomic mass is 9.82. The molecule has 4 aromatic carbocycles. The number of aliphatic hydroxyl groups excluding tert-OH is 1. The van der Waals surface area contributed by atoms with Gasteiger partial charge in [0.1, 0.15) is 0 Å². The number of nitrogens with zero attached hydrogens (tertiary/aromatic N) is 5. The number of nitrogens with one attached hydrogen (secondary N) is 1. The van der Waals surface area contributed by atoms with Gasteiger partial charge in [0.2, 0.25) is 0 Å². The van der Waals surface area contributed by atoms with Gasteiger partial charge in [0.15, 0.2) is 13.9 Å². The Bertz CT molecular complexity index is 2300. The van der Waals surface area contributed by atoms with Crippen LogP contribution in [-0.2, 0) is 28.2 Å². The number of aromatic nitrogens is 5. The number of para-hydroxylation sites is 2. The Balaban J connectivity index is 1.05. The van der Waals surface area contributed by atoms with Gasteiger partial charge in [0.05, 0.1) is 53.1 Å². The van der Waals surface area contributed by atoms with Gasteiger partial charge in [-0.15, -0.1) is 5.10 Å². The summed E-state index contributed by atoms with van der Waals surface area (Å²) in [5.74, 6) is -0.717. The Morgan fingerprint density at radius 3 is 2.38 bits per heavy atom. The first-order chi connectivity index (χ1) is 25.1. The van der Waals surface area contributed by atoms with Crippen molar-refractivity contribution in [3.8, 4) is 5.69 Å². The van der Waals surface area contributed by atoms with Crippen molar-refractivity contribution in [2.75, 3.05) is 11.5 Å². The third-order valence-corrected chi connectivity index (χ3v) is 13.5. The fourth-order valence-corrected chi connectivity index (χ4v) is 11.1. The fraction of sp³-hybridized carbons (Fsp3) is 0.300. The Morgan fingerprint density at radius 1 is 0.942 bits per heavy atom. The first kappa shape index (κ1) is 34.0. The molecule has 11 nitrogen and oxygen atoms in total. The second kappa shape index (κ2) is 13.1. The summed E-state index contributed by atoms with van der Waals surface area (Å²) in [7, 11) is -2.85. The maximum absolute atomic E-state index is 14.8. The van der Waals surface area contributed by atoms with Crippen LogP contribution in [0.2, 0.25) is 18.6 Å². The fourth-order valence-electron chi connectivity index (χ4n) is 8.53. The van der Waals surface area contributed by atoms with Crippen LogP contribution in [0.5, 0.6) is 0 Å². The van der Waals surface area contributed by atoms with Gasteiger partial charge in [-0.05, 0) is 61.0 Å². The molecule has 3 N–H and O–H groups in total. The Hall–Kier alpha value is -5.14. The van der Waals surface area contributed by atoms with Gasteiger partial charge < -0.3 is 19.5 Å². The van der Waals surface area contributed by atoms with Gasteiger partial charge in [-0.1, -0.05) is 84.9 Å². The third kappa shape index (κ3) is 5.62. The zero-order valence-corrected chi connectivity index (χ0v) is 30.4. The van der Waals surface area contributed by atoms with Crippen molar-refractivity contribution in [2.45, 2.75) is 62.7 Å². The molecular weight excluding hydrogens is 673 g/mol. The van der Waals surface area contributed by atoms with Gasteiger partial charge >= 0.3 is 0 Å². The van der Waals surface area contributed by atoms with E-state index in [9.17, 15) is 19.5 Å². The Labute approximate surface area is 302 Å². The lowest BCUT2D eigenvalue weighted by Crippen LogP contribution is -2.46. The molecule has 0 saturated carbocycles. The average Bonchev–Trinajstić information content (AvgIpc) is 3.89. The zero-order valence-electron chi connectivity index (χ0n) is 29.4. The molecule has 1 spiro atoms. The zero-order chi connectivity index (χ0) is 36.2. The highest BCUT2D eigenvalue weighted by molar-refractivity contribution is 6.71. The molecule has 1 unspecified atom stereocenters. The number of carbonyl (C=O) groups is 1. The van der Waals surface area contributed by atoms with Crippen molar-refractivity contribution in [3.63, 3.8) is 0 Å². The minimum absolute atomic E-state index is 0.0901. The summed E-state index contributed by atoms with van der Waals surface area (Å²) in [5, 5.41) is 22.7. The number of benzene rings is 4. The molecule has 5 atom stereocenters. The summed E-state index contributed by atoms with van der Waals surface area (Å²) in [4.78, 5) is 41.3. The number of aromatic amines is 1. The molecule has 2 aliphatic heterocycles. The number of aryl methyl sites for hydroxylation is 1. The van der Waals surface area contributed by atoms with E-state index in [0.29, 0.717) is 36.3 Å². The third-order valence-electron chi connectivity index (χ3n) is 11.0. The topological polar surface area (TPSA) is 138 Å². The smallest absolute Gasteiger partial charge is 0.279 e. The van der Waals surface area contributed by atoms with E-state index < -0.39 is 20.0 Å². The van der Waals surface area contributed by atoms with Crippen LogP contribution in [0.15, 0.2) is 114 Å². The SMILES string of the molecule is C[C@H]1[C@H]([Si](C)(C)O)[C@@H](CCn2cc(C(CO)c3ccccc3)nn2)O[C@]12C(=O)N(Cc1ccc(-n3[nH]c4ccccc4c3=O)cc1)c1ccccc12. The van der Waals surface area contributed by atoms with Crippen LogP contribution >= 0.6 is 0 Å². The minimum Gasteiger partial charge on any atom is -0.432 e. The van der Waals surface area contributed by atoms with E-state index in [-0.39, 0.29) is 35.5 Å². The number of aliphatic hydroxyl groups is 1. The highest BCUT2D eigenvalue weighted by Gasteiger charge is 2.66. The van der Waals surface area contributed by atoms with Crippen molar-refractivity contribution in [1.29, 1.82) is 0 Å². The lowest BCUT2D eigenvalue weighted by Gasteiger charge is -2.32. The van der Waals surface area contributed by atoms with E-state index in [4.69, 9.17) is 4.74 Å². The second-order valence-corrected chi connectivity index (χ2v) is 18.5. The molecule has 1 fully saturated rings. The predicted octanol–water partition coefficient (Wildman–Crippen LogP) is 5.47.